The molecular weight excluding hydrogens is 322 g/mol. The molecule has 5 nitrogen and oxygen atoms in total. The monoisotopic (exact) mass is 343 g/mol. The van der Waals surface area contributed by atoms with Crippen LogP contribution in [0.25, 0.3) is 0 Å². The minimum Gasteiger partial charge on any atom is -0.326 e. The summed E-state index contributed by atoms with van der Waals surface area (Å²) in [6.07, 6.45) is 1.33. The van der Waals surface area contributed by atoms with Gasteiger partial charge in [0.25, 0.3) is 0 Å². The van der Waals surface area contributed by atoms with Crippen molar-refractivity contribution in [2.45, 2.75) is 33.2 Å². The minimum absolute atomic E-state index is 0.0443. The highest BCUT2D eigenvalue weighted by molar-refractivity contribution is 7.10. The fourth-order valence-corrected chi connectivity index (χ4v) is 3.59. The Morgan fingerprint density at radius 2 is 2.08 bits per heavy atom. The van der Waals surface area contributed by atoms with Crippen LogP contribution in [0.15, 0.2) is 29.6 Å². The second kappa shape index (κ2) is 7.05. The zero-order chi connectivity index (χ0) is 17.1. The summed E-state index contributed by atoms with van der Waals surface area (Å²) in [4.78, 5) is 27.3. The lowest BCUT2D eigenvalue weighted by Crippen LogP contribution is -2.38. The van der Waals surface area contributed by atoms with Gasteiger partial charge in [-0.1, -0.05) is 13.0 Å². The molecule has 0 atom stereocenters. The highest BCUT2D eigenvalue weighted by atomic mass is 32.1. The fraction of sp³-hybridized carbons (Fsp3) is 0.333. The van der Waals surface area contributed by atoms with Crippen LogP contribution in [0.4, 0.5) is 16.2 Å². The lowest BCUT2D eigenvalue weighted by atomic mass is 10.1. The molecule has 0 spiro atoms. The largest absolute Gasteiger partial charge is 0.326 e. The van der Waals surface area contributed by atoms with Crippen molar-refractivity contribution in [3.05, 3.63) is 45.6 Å². The maximum absolute atomic E-state index is 12.6. The zero-order valence-electron chi connectivity index (χ0n) is 13.9. The average molecular weight is 343 g/mol. The van der Waals surface area contributed by atoms with Gasteiger partial charge in [0.1, 0.15) is 0 Å². The summed E-state index contributed by atoms with van der Waals surface area (Å²) in [6, 6.07) is 7.53. The molecule has 1 aromatic heterocycles. The Morgan fingerprint density at radius 3 is 2.88 bits per heavy atom. The molecule has 3 rings (SSSR count). The maximum Gasteiger partial charge on any atom is 0.322 e. The molecule has 0 bridgehead atoms. The van der Waals surface area contributed by atoms with Crippen molar-refractivity contribution in [3.8, 4) is 0 Å². The Kier molecular flexibility index (Phi) is 4.85. The predicted octanol–water partition coefficient (Wildman–Crippen LogP) is 4.00. The van der Waals surface area contributed by atoms with E-state index < -0.39 is 0 Å². The molecule has 2 heterocycles. The van der Waals surface area contributed by atoms with E-state index in [0.717, 1.165) is 24.2 Å². The molecule has 24 heavy (non-hydrogen) atoms. The number of amides is 3. The molecule has 0 unspecified atom stereocenters. The molecule has 6 heteroatoms. The highest BCUT2D eigenvalue weighted by Gasteiger charge is 2.21. The Hall–Kier alpha value is -2.34. The molecule has 0 radical (unpaired) electrons. The van der Waals surface area contributed by atoms with E-state index in [4.69, 9.17) is 0 Å². The molecule has 126 valence electrons. The van der Waals surface area contributed by atoms with Crippen LogP contribution in [-0.2, 0) is 17.8 Å². The average Bonchev–Trinajstić information content (AvgIpc) is 3.05. The van der Waals surface area contributed by atoms with Crippen molar-refractivity contribution in [1.29, 1.82) is 0 Å². The highest BCUT2D eigenvalue weighted by Crippen LogP contribution is 2.25. The molecule has 0 aliphatic carbocycles. The summed E-state index contributed by atoms with van der Waals surface area (Å²) in [7, 11) is 0. The summed E-state index contributed by atoms with van der Waals surface area (Å²) in [5.74, 6) is -0.0443. The van der Waals surface area contributed by atoms with Gasteiger partial charge in [0.2, 0.25) is 5.91 Å². The third kappa shape index (κ3) is 3.59. The van der Waals surface area contributed by atoms with Gasteiger partial charge in [0.05, 0.1) is 0 Å². The fourth-order valence-electron chi connectivity index (χ4n) is 2.70. The molecule has 1 aromatic carbocycles. The number of hydrogen-bond donors (Lipinski definition) is 2. The van der Waals surface area contributed by atoms with E-state index in [1.54, 1.807) is 24.3 Å². The van der Waals surface area contributed by atoms with Gasteiger partial charge in [0, 0.05) is 35.8 Å². The Bertz CT molecular complexity index is 769. The molecule has 1 aliphatic rings. The van der Waals surface area contributed by atoms with Crippen LogP contribution in [0.3, 0.4) is 0 Å². The van der Waals surface area contributed by atoms with Gasteiger partial charge < -0.3 is 15.5 Å². The lowest BCUT2D eigenvalue weighted by Gasteiger charge is -2.27. The van der Waals surface area contributed by atoms with Crippen molar-refractivity contribution in [2.24, 2.45) is 0 Å². The third-order valence-electron chi connectivity index (χ3n) is 4.18. The SMILES string of the molecule is CCC(=O)Nc1ccc(C)c(NC(=O)N2CCc3sccc3C2)c1. The topological polar surface area (TPSA) is 61.4 Å². The van der Waals surface area contributed by atoms with Crippen LogP contribution in [0.5, 0.6) is 0 Å². The van der Waals surface area contributed by atoms with Crippen LogP contribution < -0.4 is 10.6 Å². The second-order valence-electron chi connectivity index (χ2n) is 5.90. The number of carbonyl (C=O) groups excluding carboxylic acids is 2. The Morgan fingerprint density at radius 1 is 1.25 bits per heavy atom. The van der Waals surface area contributed by atoms with Gasteiger partial charge in [-0.25, -0.2) is 4.79 Å². The summed E-state index contributed by atoms with van der Waals surface area (Å²) in [5.41, 5.74) is 3.62. The zero-order valence-corrected chi connectivity index (χ0v) is 14.7. The van der Waals surface area contributed by atoms with Crippen LogP contribution in [-0.4, -0.2) is 23.4 Å². The van der Waals surface area contributed by atoms with E-state index in [9.17, 15) is 9.59 Å². The van der Waals surface area contributed by atoms with E-state index in [0.29, 0.717) is 18.7 Å². The summed E-state index contributed by atoms with van der Waals surface area (Å²) >= 11 is 1.76. The number of thiophene rings is 1. The lowest BCUT2D eigenvalue weighted by molar-refractivity contribution is -0.115. The molecule has 2 aromatic rings. The number of nitrogens with one attached hydrogen (secondary N) is 2. The molecule has 0 saturated carbocycles. The summed E-state index contributed by atoms with van der Waals surface area (Å²) in [5, 5.41) is 7.87. The Labute approximate surface area is 145 Å². The van der Waals surface area contributed by atoms with Crippen LogP contribution >= 0.6 is 11.3 Å². The smallest absolute Gasteiger partial charge is 0.322 e. The minimum atomic E-state index is -0.103. The van der Waals surface area contributed by atoms with E-state index >= 15 is 0 Å². The van der Waals surface area contributed by atoms with E-state index in [1.165, 1.54) is 10.4 Å². The number of rotatable bonds is 3. The molecule has 2 N–H and O–H groups in total. The number of benzene rings is 1. The summed E-state index contributed by atoms with van der Waals surface area (Å²) in [6.45, 7) is 5.12. The van der Waals surface area contributed by atoms with Gasteiger partial charge in [0.15, 0.2) is 0 Å². The Balaban J connectivity index is 1.70. The number of urea groups is 1. The summed E-state index contributed by atoms with van der Waals surface area (Å²) < 4.78 is 0. The first-order valence-corrected chi connectivity index (χ1v) is 8.96. The quantitative estimate of drug-likeness (QED) is 0.885. The van der Waals surface area contributed by atoms with Crippen molar-refractivity contribution < 1.29 is 9.59 Å². The van der Waals surface area contributed by atoms with Gasteiger partial charge in [-0.3, -0.25) is 4.79 Å². The van der Waals surface area contributed by atoms with E-state index in [1.807, 2.05) is 24.0 Å². The van der Waals surface area contributed by atoms with E-state index in [-0.39, 0.29) is 11.9 Å². The molecule has 0 saturated heterocycles. The van der Waals surface area contributed by atoms with Crippen LogP contribution in [0.1, 0.15) is 29.3 Å². The standard InChI is InChI=1S/C18H21N3O2S/c1-3-17(22)19-14-5-4-12(2)15(10-14)20-18(23)21-8-6-16-13(11-21)7-9-24-16/h4-5,7,9-10H,3,6,8,11H2,1-2H3,(H,19,22)(H,20,23). The number of hydrogen-bond acceptors (Lipinski definition) is 3. The van der Waals surface area contributed by atoms with Crippen molar-refractivity contribution in [1.82, 2.24) is 4.90 Å². The first-order valence-electron chi connectivity index (χ1n) is 8.08. The van der Waals surface area contributed by atoms with Crippen molar-refractivity contribution in [2.75, 3.05) is 17.2 Å². The van der Waals surface area contributed by atoms with Crippen molar-refractivity contribution in [3.63, 3.8) is 0 Å². The van der Waals surface area contributed by atoms with Gasteiger partial charge in [-0.2, -0.15) is 0 Å². The number of carbonyl (C=O) groups is 2. The van der Waals surface area contributed by atoms with Gasteiger partial charge in [-0.15, -0.1) is 11.3 Å². The molecule has 3 amide bonds. The number of fused-ring (bicyclic) bond motifs is 1. The first-order chi connectivity index (χ1) is 11.6. The van der Waals surface area contributed by atoms with Crippen LogP contribution in [0, 0.1) is 6.92 Å². The van der Waals surface area contributed by atoms with E-state index in [2.05, 4.69) is 22.1 Å². The molecular formula is C18H21N3O2S. The van der Waals surface area contributed by atoms with Gasteiger partial charge >= 0.3 is 6.03 Å². The first kappa shape index (κ1) is 16.5. The maximum atomic E-state index is 12.6. The normalized spacial score (nSPS) is 13.3. The number of nitrogens with zero attached hydrogens (tertiary/aromatic N) is 1. The molecule has 1 aliphatic heterocycles. The third-order valence-corrected chi connectivity index (χ3v) is 5.20. The van der Waals surface area contributed by atoms with Crippen molar-refractivity contribution >= 4 is 34.6 Å². The number of aryl methyl sites for hydroxylation is 1. The predicted molar refractivity (Wildman–Crippen MR) is 97.6 cm³/mol. The number of anilines is 2. The molecule has 0 fully saturated rings. The second-order valence-corrected chi connectivity index (χ2v) is 6.90. The van der Waals surface area contributed by atoms with Gasteiger partial charge in [-0.05, 0) is 48.1 Å². The van der Waals surface area contributed by atoms with Crippen LogP contribution in [0.2, 0.25) is 0 Å².